The molecule has 0 aliphatic heterocycles. The smallest absolute Gasteiger partial charge is 0.257 e. The lowest BCUT2D eigenvalue weighted by Crippen LogP contribution is -2.12. The molecule has 0 aliphatic rings. The number of hydrogen-bond acceptors (Lipinski definition) is 2. The monoisotopic (exact) mass is 250 g/mol. The summed E-state index contributed by atoms with van der Waals surface area (Å²) in [5.74, 6) is -0.813. The van der Waals surface area contributed by atoms with E-state index in [1.54, 1.807) is 6.07 Å². The number of carbonyl (C=O) groups excluding carboxylic acids is 1. The van der Waals surface area contributed by atoms with Gasteiger partial charge in [0.15, 0.2) is 0 Å². The Morgan fingerprint density at radius 1 is 1.35 bits per heavy atom. The number of nitrogens with one attached hydrogen (secondary N) is 1. The van der Waals surface area contributed by atoms with Crippen LogP contribution in [0.4, 0.5) is 10.1 Å². The van der Waals surface area contributed by atoms with Gasteiger partial charge in [0.2, 0.25) is 0 Å². The summed E-state index contributed by atoms with van der Waals surface area (Å²) in [6, 6.07) is 7.13. The van der Waals surface area contributed by atoms with Crippen molar-refractivity contribution in [2.75, 3.05) is 5.32 Å². The predicted molar refractivity (Wildman–Crippen MR) is 63.6 cm³/mol. The molecule has 1 heterocycles. The quantitative estimate of drug-likeness (QED) is 0.890. The number of hydrogen-bond donors (Lipinski definition) is 1. The number of halogens is 2. The maximum absolute atomic E-state index is 12.9. The van der Waals surface area contributed by atoms with Gasteiger partial charge in [-0.25, -0.2) is 4.39 Å². The third kappa shape index (κ3) is 2.79. The maximum atomic E-state index is 12.9. The van der Waals surface area contributed by atoms with E-state index < -0.39 is 11.7 Å². The van der Waals surface area contributed by atoms with Gasteiger partial charge in [0, 0.05) is 18.1 Å². The van der Waals surface area contributed by atoms with Crippen molar-refractivity contribution in [3.05, 3.63) is 59.1 Å². The zero-order valence-electron chi connectivity index (χ0n) is 8.65. The Bertz CT molecular complexity index is 560. The van der Waals surface area contributed by atoms with Crippen LogP contribution < -0.4 is 5.32 Å². The van der Waals surface area contributed by atoms with Crippen molar-refractivity contribution in [1.29, 1.82) is 0 Å². The van der Waals surface area contributed by atoms with E-state index in [1.165, 1.54) is 36.7 Å². The van der Waals surface area contributed by atoms with Crippen molar-refractivity contribution in [2.45, 2.75) is 0 Å². The van der Waals surface area contributed by atoms with Gasteiger partial charge in [-0.05, 0) is 24.3 Å². The summed E-state index contributed by atoms with van der Waals surface area (Å²) in [5, 5.41) is 2.80. The van der Waals surface area contributed by atoms with E-state index >= 15 is 0 Å². The molecule has 3 nitrogen and oxygen atoms in total. The molecule has 86 valence electrons. The normalized spacial score (nSPS) is 10.0. The fraction of sp³-hybridized carbons (Fsp3) is 0. The molecule has 0 saturated heterocycles. The highest BCUT2D eigenvalue weighted by molar-refractivity contribution is 6.34. The van der Waals surface area contributed by atoms with E-state index in [2.05, 4.69) is 10.3 Å². The molecule has 0 unspecified atom stereocenters. The first-order chi connectivity index (χ1) is 8.16. The van der Waals surface area contributed by atoms with Crippen LogP contribution in [0.15, 0.2) is 42.7 Å². The Kier molecular flexibility index (Phi) is 3.35. The highest BCUT2D eigenvalue weighted by Gasteiger charge is 2.10. The van der Waals surface area contributed by atoms with E-state index in [-0.39, 0.29) is 5.02 Å². The van der Waals surface area contributed by atoms with Gasteiger partial charge in [0.25, 0.3) is 5.91 Å². The molecule has 0 atom stereocenters. The second-order valence-corrected chi connectivity index (χ2v) is 3.73. The number of aromatic nitrogens is 1. The molecule has 1 aromatic carbocycles. The molecule has 17 heavy (non-hydrogen) atoms. The average molecular weight is 251 g/mol. The van der Waals surface area contributed by atoms with Gasteiger partial charge in [0.1, 0.15) is 5.82 Å². The topological polar surface area (TPSA) is 42.0 Å². The van der Waals surface area contributed by atoms with Crippen LogP contribution in [0, 0.1) is 5.82 Å². The van der Waals surface area contributed by atoms with Crippen LogP contribution in [0.2, 0.25) is 5.02 Å². The standard InChI is InChI=1S/C12H8ClFN2O/c13-11-7-15-5-4-10(11)12(17)16-9-3-1-2-8(14)6-9/h1-7H,(H,16,17). The van der Waals surface area contributed by atoms with Gasteiger partial charge in [0.05, 0.1) is 10.6 Å². The number of amides is 1. The minimum atomic E-state index is -0.413. The highest BCUT2D eigenvalue weighted by atomic mass is 35.5. The minimum Gasteiger partial charge on any atom is -0.322 e. The Labute approximate surface area is 102 Å². The summed E-state index contributed by atoms with van der Waals surface area (Å²) >= 11 is 5.82. The first-order valence-electron chi connectivity index (χ1n) is 4.83. The molecule has 5 heteroatoms. The summed E-state index contributed by atoms with van der Waals surface area (Å²) in [6.07, 6.45) is 2.84. The van der Waals surface area contributed by atoms with E-state index in [1.807, 2.05) is 0 Å². The van der Waals surface area contributed by atoms with Crippen LogP contribution in [-0.4, -0.2) is 10.9 Å². The maximum Gasteiger partial charge on any atom is 0.257 e. The average Bonchev–Trinajstić information content (AvgIpc) is 2.29. The lowest BCUT2D eigenvalue weighted by atomic mass is 10.2. The molecule has 1 N–H and O–H groups in total. The van der Waals surface area contributed by atoms with E-state index in [0.717, 1.165) is 0 Å². The Morgan fingerprint density at radius 2 is 2.18 bits per heavy atom. The largest absolute Gasteiger partial charge is 0.322 e. The molecular weight excluding hydrogens is 243 g/mol. The zero-order valence-corrected chi connectivity index (χ0v) is 9.41. The summed E-state index contributed by atoms with van der Waals surface area (Å²) in [7, 11) is 0. The molecule has 1 amide bonds. The van der Waals surface area contributed by atoms with Crippen LogP contribution in [0.3, 0.4) is 0 Å². The van der Waals surface area contributed by atoms with Crippen LogP contribution in [-0.2, 0) is 0 Å². The summed E-state index contributed by atoms with van der Waals surface area (Å²) in [6.45, 7) is 0. The van der Waals surface area contributed by atoms with Gasteiger partial charge in [-0.2, -0.15) is 0 Å². The zero-order chi connectivity index (χ0) is 12.3. The molecule has 0 spiro atoms. The van der Waals surface area contributed by atoms with Gasteiger partial charge in [-0.3, -0.25) is 9.78 Å². The fourth-order valence-corrected chi connectivity index (χ4v) is 1.53. The molecule has 0 fully saturated rings. The molecule has 2 rings (SSSR count). The van der Waals surface area contributed by atoms with E-state index in [9.17, 15) is 9.18 Å². The highest BCUT2D eigenvalue weighted by Crippen LogP contribution is 2.16. The second kappa shape index (κ2) is 4.93. The molecule has 0 radical (unpaired) electrons. The summed E-state index contributed by atoms with van der Waals surface area (Å²) in [4.78, 5) is 15.6. The Hall–Kier alpha value is -1.94. The molecular formula is C12H8ClFN2O. The van der Waals surface area contributed by atoms with Crippen LogP contribution in [0.1, 0.15) is 10.4 Å². The second-order valence-electron chi connectivity index (χ2n) is 3.32. The van der Waals surface area contributed by atoms with Gasteiger partial charge in [-0.1, -0.05) is 17.7 Å². The van der Waals surface area contributed by atoms with Crippen molar-refractivity contribution in [3.8, 4) is 0 Å². The van der Waals surface area contributed by atoms with Gasteiger partial charge >= 0.3 is 0 Å². The number of pyridine rings is 1. The van der Waals surface area contributed by atoms with Gasteiger partial charge in [-0.15, -0.1) is 0 Å². The van der Waals surface area contributed by atoms with Crippen LogP contribution >= 0.6 is 11.6 Å². The van der Waals surface area contributed by atoms with Gasteiger partial charge < -0.3 is 5.32 Å². The third-order valence-electron chi connectivity index (χ3n) is 2.10. The Morgan fingerprint density at radius 3 is 2.88 bits per heavy atom. The number of nitrogens with zero attached hydrogens (tertiary/aromatic N) is 1. The van der Waals surface area contributed by atoms with E-state index in [0.29, 0.717) is 11.3 Å². The number of rotatable bonds is 2. The fourth-order valence-electron chi connectivity index (χ4n) is 1.32. The first kappa shape index (κ1) is 11.5. The SMILES string of the molecule is O=C(Nc1cccc(F)c1)c1ccncc1Cl. The van der Waals surface area contributed by atoms with Crippen molar-refractivity contribution in [1.82, 2.24) is 4.98 Å². The van der Waals surface area contributed by atoms with Crippen molar-refractivity contribution in [2.24, 2.45) is 0 Å². The van der Waals surface area contributed by atoms with Crippen LogP contribution in [0.25, 0.3) is 0 Å². The van der Waals surface area contributed by atoms with Crippen molar-refractivity contribution in [3.63, 3.8) is 0 Å². The predicted octanol–water partition coefficient (Wildman–Crippen LogP) is 3.13. The number of anilines is 1. The first-order valence-corrected chi connectivity index (χ1v) is 5.21. The van der Waals surface area contributed by atoms with Crippen LogP contribution in [0.5, 0.6) is 0 Å². The molecule has 0 bridgehead atoms. The minimum absolute atomic E-state index is 0.251. The third-order valence-corrected chi connectivity index (χ3v) is 2.40. The van der Waals surface area contributed by atoms with E-state index in [4.69, 9.17) is 11.6 Å². The molecule has 2 aromatic rings. The lowest BCUT2D eigenvalue weighted by molar-refractivity contribution is 0.102. The molecule has 0 aliphatic carbocycles. The molecule has 0 saturated carbocycles. The summed E-state index contributed by atoms with van der Waals surface area (Å²) < 4.78 is 12.9. The Balaban J connectivity index is 2.20. The number of carbonyl (C=O) groups is 1. The lowest BCUT2D eigenvalue weighted by Gasteiger charge is -2.06. The van der Waals surface area contributed by atoms with Crippen molar-refractivity contribution < 1.29 is 9.18 Å². The summed E-state index contributed by atoms with van der Waals surface area (Å²) in [5.41, 5.74) is 0.675. The number of benzene rings is 1. The molecule has 1 aromatic heterocycles. The van der Waals surface area contributed by atoms with Crippen molar-refractivity contribution >= 4 is 23.2 Å².